The molecule has 21 heavy (non-hydrogen) atoms. The summed E-state index contributed by atoms with van der Waals surface area (Å²) in [5.41, 5.74) is 6.21. The van der Waals surface area contributed by atoms with Gasteiger partial charge in [-0.25, -0.2) is 0 Å². The molecular weight excluding hydrogens is 282 g/mol. The van der Waals surface area contributed by atoms with Gasteiger partial charge in [0.05, 0.1) is 23.1 Å². The van der Waals surface area contributed by atoms with Crippen LogP contribution in [0.2, 0.25) is 5.02 Å². The van der Waals surface area contributed by atoms with E-state index in [0.29, 0.717) is 0 Å². The number of hydrogen-bond donors (Lipinski definition) is 1. The first-order valence-electron chi connectivity index (χ1n) is 7.34. The molecule has 0 spiro atoms. The van der Waals surface area contributed by atoms with Crippen LogP contribution in [0.4, 0.5) is 5.69 Å². The molecule has 1 aromatic carbocycles. The first-order valence-corrected chi connectivity index (χ1v) is 7.72. The van der Waals surface area contributed by atoms with Gasteiger partial charge in [-0.15, -0.1) is 0 Å². The first kappa shape index (κ1) is 14.5. The molecule has 3 rings (SSSR count). The SMILES string of the molecule is Cc1nn(C)c(C)c1NC1c2cc(Cl)ccc2CC1(C)C. The molecule has 1 atom stereocenters. The van der Waals surface area contributed by atoms with Gasteiger partial charge in [0.1, 0.15) is 0 Å². The van der Waals surface area contributed by atoms with Crippen molar-refractivity contribution in [1.29, 1.82) is 0 Å². The van der Waals surface area contributed by atoms with Gasteiger partial charge in [0.25, 0.3) is 0 Å². The molecule has 1 heterocycles. The Hall–Kier alpha value is -1.48. The molecule has 1 unspecified atom stereocenters. The van der Waals surface area contributed by atoms with E-state index in [1.54, 1.807) is 0 Å². The molecule has 3 nitrogen and oxygen atoms in total. The average Bonchev–Trinajstić information content (AvgIpc) is 2.77. The number of anilines is 1. The lowest BCUT2D eigenvalue weighted by molar-refractivity contribution is 0.337. The fourth-order valence-electron chi connectivity index (χ4n) is 3.41. The highest BCUT2D eigenvalue weighted by Gasteiger charge is 2.39. The second kappa shape index (κ2) is 4.77. The van der Waals surface area contributed by atoms with Crippen molar-refractivity contribution in [3.8, 4) is 0 Å². The minimum absolute atomic E-state index is 0.155. The smallest absolute Gasteiger partial charge is 0.0828 e. The van der Waals surface area contributed by atoms with E-state index < -0.39 is 0 Å². The molecule has 0 aliphatic heterocycles. The van der Waals surface area contributed by atoms with Gasteiger partial charge in [0.2, 0.25) is 0 Å². The Morgan fingerprint density at radius 3 is 2.67 bits per heavy atom. The maximum Gasteiger partial charge on any atom is 0.0828 e. The van der Waals surface area contributed by atoms with E-state index in [1.165, 1.54) is 16.8 Å². The van der Waals surface area contributed by atoms with Crippen molar-refractivity contribution in [3.63, 3.8) is 0 Å². The fourth-order valence-corrected chi connectivity index (χ4v) is 3.59. The molecule has 0 saturated heterocycles. The molecule has 2 aromatic rings. The second-order valence-electron chi connectivity index (χ2n) is 6.76. The average molecular weight is 304 g/mol. The number of fused-ring (bicyclic) bond motifs is 1. The Morgan fingerprint density at radius 1 is 1.33 bits per heavy atom. The predicted octanol–water partition coefficient (Wildman–Crippen LogP) is 4.43. The van der Waals surface area contributed by atoms with Crippen molar-refractivity contribution < 1.29 is 0 Å². The molecule has 0 radical (unpaired) electrons. The van der Waals surface area contributed by atoms with Crippen LogP contribution in [0.3, 0.4) is 0 Å². The number of halogens is 1. The minimum atomic E-state index is 0.155. The molecule has 1 aliphatic rings. The van der Waals surface area contributed by atoms with Crippen LogP contribution in [0.5, 0.6) is 0 Å². The molecule has 1 aromatic heterocycles. The number of aromatic nitrogens is 2. The predicted molar refractivity (Wildman–Crippen MR) is 88.0 cm³/mol. The highest BCUT2D eigenvalue weighted by atomic mass is 35.5. The topological polar surface area (TPSA) is 29.9 Å². The molecule has 0 bridgehead atoms. The zero-order chi connectivity index (χ0) is 15.4. The Balaban J connectivity index is 2.03. The van der Waals surface area contributed by atoms with E-state index in [1.807, 2.05) is 17.8 Å². The van der Waals surface area contributed by atoms with Crippen LogP contribution in [0.1, 0.15) is 42.4 Å². The number of aryl methyl sites for hydroxylation is 2. The zero-order valence-electron chi connectivity index (χ0n) is 13.3. The maximum atomic E-state index is 6.21. The van der Waals surface area contributed by atoms with Crippen LogP contribution in [-0.4, -0.2) is 9.78 Å². The van der Waals surface area contributed by atoms with Gasteiger partial charge in [-0.3, -0.25) is 4.68 Å². The van der Waals surface area contributed by atoms with E-state index >= 15 is 0 Å². The third-order valence-electron chi connectivity index (χ3n) is 4.64. The van der Waals surface area contributed by atoms with Gasteiger partial charge >= 0.3 is 0 Å². The molecule has 0 saturated carbocycles. The largest absolute Gasteiger partial charge is 0.375 e. The number of benzene rings is 1. The molecule has 1 aliphatic carbocycles. The highest BCUT2D eigenvalue weighted by Crippen LogP contribution is 2.48. The maximum absolute atomic E-state index is 6.21. The summed E-state index contributed by atoms with van der Waals surface area (Å²) in [4.78, 5) is 0. The lowest BCUT2D eigenvalue weighted by Crippen LogP contribution is -2.25. The van der Waals surface area contributed by atoms with Crippen LogP contribution in [-0.2, 0) is 13.5 Å². The molecule has 0 fully saturated rings. The minimum Gasteiger partial charge on any atom is -0.375 e. The molecule has 1 N–H and O–H groups in total. The first-order chi connectivity index (χ1) is 9.79. The van der Waals surface area contributed by atoms with Gasteiger partial charge in [-0.05, 0) is 48.9 Å². The summed E-state index contributed by atoms with van der Waals surface area (Å²) in [6, 6.07) is 6.50. The highest BCUT2D eigenvalue weighted by molar-refractivity contribution is 6.30. The van der Waals surface area contributed by atoms with Crippen LogP contribution >= 0.6 is 11.6 Å². The van der Waals surface area contributed by atoms with Crippen molar-refractivity contribution >= 4 is 17.3 Å². The van der Waals surface area contributed by atoms with Gasteiger partial charge in [0, 0.05) is 12.1 Å². The lowest BCUT2D eigenvalue weighted by atomic mass is 9.85. The second-order valence-corrected chi connectivity index (χ2v) is 7.19. The Labute approximate surface area is 131 Å². The summed E-state index contributed by atoms with van der Waals surface area (Å²) in [6.07, 6.45) is 1.07. The van der Waals surface area contributed by atoms with Crippen LogP contribution in [0.15, 0.2) is 18.2 Å². The number of nitrogens with one attached hydrogen (secondary N) is 1. The summed E-state index contributed by atoms with van der Waals surface area (Å²) in [7, 11) is 1.98. The summed E-state index contributed by atoms with van der Waals surface area (Å²) < 4.78 is 1.93. The van der Waals surface area contributed by atoms with Gasteiger partial charge < -0.3 is 5.32 Å². The quantitative estimate of drug-likeness (QED) is 0.889. The fraction of sp³-hybridized carbons (Fsp3) is 0.471. The van der Waals surface area contributed by atoms with Crippen LogP contribution < -0.4 is 5.32 Å². The number of hydrogen-bond acceptors (Lipinski definition) is 2. The van der Waals surface area contributed by atoms with E-state index in [-0.39, 0.29) is 11.5 Å². The van der Waals surface area contributed by atoms with E-state index in [4.69, 9.17) is 11.6 Å². The Morgan fingerprint density at radius 2 is 2.05 bits per heavy atom. The standard InChI is InChI=1S/C17H22ClN3/c1-10-15(11(2)21(5)20-10)19-16-14-8-13(18)7-6-12(14)9-17(16,3)4/h6-8,16,19H,9H2,1-5H3. The number of rotatable bonds is 2. The lowest BCUT2D eigenvalue weighted by Gasteiger charge is -2.29. The van der Waals surface area contributed by atoms with Crippen molar-refractivity contribution in [1.82, 2.24) is 9.78 Å². The van der Waals surface area contributed by atoms with E-state index in [2.05, 4.69) is 50.2 Å². The van der Waals surface area contributed by atoms with Crippen molar-refractivity contribution in [3.05, 3.63) is 45.7 Å². The molecule has 0 amide bonds. The zero-order valence-corrected chi connectivity index (χ0v) is 14.0. The summed E-state index contributed by atoms with van der Waals surface area (Å²) >= 11 is 6.21. The Kier molecular flexibility index (Phi) is 3.28. The van der Waals surface area contributed by atoms with Gasteiger partial charge in [-0.1, -0.05) is 31.5 Å². The normalized spacial score (nSPS) is 19.6. The van der Waals surface area contributed by atoms with E-state index in [9.17, 15) is 0 Å². The monoisotopic (exact) mass is 303 g/mol. The van der Waals surface area contributed by atoms with Crippen LogP contribution in [0, 0.1) is 19.3 Å². The third-order valence-corrected chi connectivity index (χ3v) is 4.88. The number of nitrogens with zero attached hydrogens (tertiary/aromatic N) is 2. The molecular formula is C17H22ClN3. The van der Waals surface area contributed by atoms with Crippen LogP contribution in [0.25, 0.3) is 0 Å². The summed E-state index contributed by atoms with van der Waals surface area (Å²) in [6.45, 7) is 8.76. The van der Waals surface area contributed by atoms with E-state index in [0.717, 1.165) is 22.8 Å². The molecule has 112 valence electrons. The van der Waals surface area contributed by atoms with Gasteiger partial charge in [-0.2, -0.15) is 5.10 Å². The summed E-state index contributed by atoms with van der Waals surface area (Å²) in [5.74, 6) is 0. The van der Waals surface area contributed by atoms with Crippen molar-refractivity contribution in [2.24, 2.45) is 12.5 Å². The summed E-state index contributed by atoms with van der Waals surface area (Å²) in [5, 5.41) is 9.04. The Bertz CT molecular complexity index is 700. The third kappa shape index (κ3) is 2.34. The van der Waals surface area contributed by atoms with Crippen molar-refractivity contribution in [2.45, 2.75) is 40.2 Å². The molecule has 4 heteroatoms. The van der Waals surface area contributed by atoms with Gasteiger partial charge in [0.15, 0.2) is 0 Å². The van der Waals surface area contributed by atoms with Crippen molar-refractivity contribution in [2.75, 3.05) is 5.32 Å².